The number of nitrogens with zero attached hydrogens (tertiary/aromatic N) is 5. The molecule has 0 aromatic heterocycles. The highest BCUT2D eigenvalue weighted by atomic mass is 32.2. The first-order valence-electron chi connectivity index (χ1n) is 22.4. The number of hydrogen-bond donors (Lipinski definition) is 1. The summed E-state index contributed by atoms with van der Waals surface area (Å²) in [5.74, 6) is -2.49. The van der Waals surface area contributed by atoms with Crippen LogP contribution in [0.3, 0.4) is 0 Å². The summed E-state index contributed by atoms with van der Waals surface area (Å²) in [6, 6.07) is 35.2. The van der Waals surface area contributed by atoms with Crippen LogP contribution in [0.1, 0.15) is 54.4 Å². The average molecular weight is 921 g/mol. The first-order valence-corrected chi connectivity index (χ1v) is 24.0. The van der Waals surface area contributed by atoms with Crippen LogP contribution in [0.15, 0.2) is 126 Å². The minimum atomic E-state index is -3.57. The number of carbonyl (C=O) groups excluding carboxylic acids is 5. The maximum atomic E-state index is 14.1. The normalized spacial score (nSPS) is 19.1. The summed E-state index contributed by atoms with van der Waals surface area (Å²) in [6.45, 7) is 0.761. The summed E-state index contributed by atoms with van der Waals surface area (Å²) in [7, 11) is -3.57. The van der Waals surface area contributed by atoms with Crippen LogP contribution in [0.5, 0.6) is 0 Å². The lowest BCUT2D eigenvalue weighted by Crippen LogP contribution is -2.70. The summed E-state index contributed by atoms with van der Waals surface area (Å²) in [5.41, 5.74) is 3.39. The van der Waals surface area contributed by atoms with E-state index in [0.29, 0.717) is 25.8 Å². The standard InChI is InChI=1S/C49H56N6O10S/c56-44-42(32-41-25-15-26-53(33-41)46(50-47(58)64-35-39-21-9-3-10-22-39)51-48(59)65-36-40-23-11-4-12-24-40)43(45(57)63-34-38-19-7-2-8-20-38)55(44)49(60)52-27-29-54(30-28-52)66(61,62)31-14-13-18-37-16-5-1-6-17-37/h1-12,16-17,19-24,41-43H,13-15,18,25-36H2,(H,50,51,58,59). The van der Waals surface area contributed by atoms with Crippen LogP contribution in [0.4, 0.5) is 14.4 Å². The molecule has 0 aliphatic carbocycles. The number of benzene rings is 4. The van der Waals surface area contributed by atoms with Gasteiger partial charge in [-0.15, -0.1) is 4.99 Å². The van der Waals surface area contributed by atoms with E-state index in [1.54, 1.807) is 29.2 Å². The molecule has 3 saturated heterocycles. The quantitative estimate of drug-likeness (QED) is 0.0349. The number of esters is 1. The fourth-order valence-electron chi connectivity index (χ4n) is 8.45. The van der Waals surface area contributed by atoms with Gasteiger partial charge in [-0.1, -0.05) is 121 Å². The van der Waals surface area contributed by atoms with E-state index < -0.39 is 52.1 Å². The van der Waals surface area contributed by atoms with Crippen LogP contribution in [0.2, 0.25) is 0 Å². The van der Waals surface area contributed by atoms with Gasteiger partial charge < -0.3 is 24.0 Å². The molecule has 0 radical (unpaired) electrons. The van der Waals surface area contributed by atoms with Gasteiger partial charge in [-0.25, -0.2) is 32.5 Å². The molecule has 3 fully saturated rings. The summed E-state index contributed by atoms with van der Waals surface area (Å²) in [6.07, 6.45) is 1.67. The lowest BCUT2D eigenvalue weighted by Gasteiger charge is -2.48. The second-order valence-corrected chi connectivity index (χ2v) is 18.7. The lowest BCUT2D eigenvalue weighted by molar-refractivity contribution is -0.172. The molecule has 17 heteroatoms. The van der Waals surface area contributed by atoms with Gasteiger partial charge in [0.15, 0.2) is 6.04 Å². The van der Waals surface area contributed by atoms with Crippen molar-refractivity contribution >= 4 is 46.1 Å². The van der Waals surface area contributed by atoms with Crippen LogP contribution < -0.4 is 5.32 Å². The molecule has 3 atom stereocenters. The lowest BCUT2D eigenvalue weighted by atomic mass is 9.78. The minimum Gasteiger partial charge on any atom is -0.459 e. The van der Waals surface area contributed by atoms with Gasteiger partial charge in [-0.3, -0.25) is 10.1 Å². The SMILES string of the molecule is O=C(/N=C(\NC(=O)OCc1ccccc1)N1CCCC(CC2C(=O)N(C(=O)N3CCN(S(=O)(=O)CCCCc4ccccc4)CC3)C2C(=O)OCc2ccccc2)C1)OCc1ccccc1. The predicted molar refractivity (Wildman–Crippen MR) is 245 cm³/mol. The number of rotatable bonds is 15. The molecule has 3 heterocycles. The number of unbranched alkanes of at least 4 members (excludes halogenated alkanes) is 1. The summed E-state index contributed by atoms with van der Waals surface area (Å²) < 4.78 is 44.5. The van der Waals surface area contributed by atoms with Crippen LogP contribution in [-0.2, 0) is 60.1 Å². The van der Waals surface area contributed by atoms with Gasteiger partial charge in [0.05, 0.1) is 11.7 Å². The van der Waals surface area contributed by atoms with E-state index in [0.717, 1.165) is 40.0 Å². The number of aryl methyl sites for hydroxylation is 1. The van der Waals surface area contributed by atoms with Crippen molar-refractivity contribution in [1.82, 2.24) is 24.3 Å². The number of aliphatic imine (C=N–C) groups is 1. The average Bonchev–Trinajstić information content (AvgIpc) is 3.35. The maximum Gasteiger partial charge on any atom is 0.437 e. The molecule has 4 aromatic carbocycles. The van der Waals surface area contributed by atoms with Crippen molar-refractivity contribution < 1.29 is 46.6 Å². The zero-order valence-electron chi connectivity index (χ0n) is 36.8. The van der Waals surface area contributed by atoms with Crippen molar-refractivity contribution in [3.63, 3.8) is 0 Å². The molecule has 66 heavy (non-hydrogen) atoms. The molecule has 4 aromatic rings. The number of ether oxygens (including phenoxy) is 3. The van der Waals surface area contributed by atoms with Crippen molar-refractivity contribution in [3.8, 4) is 0 Å². The fraction of sp³-hybridized carbons (Fsp3) is 0.388. The van der Waals surface area contributed by atoms with Crippen molar-refractivity contribution in [1.29, 1.82) is 0 Å². The number of carbonyl (C=O) groups is 5. The number of piperidine rings is 1. The number of alkyl carbamates (subject to hydrolysis) is 1. The number of urea groups is 1. The number of likely N-dealkylation sites (tertiary alicyclic amines) is 2. The van der Waals surface area contributed by atoms with Crippen LogP contribution in [0.25, 0.3) is 0 Å². The zero-order chi connectivity index (χ0) is 46.3. The molecular formula is C49H56N6O10S. The Kier molecular flexibility index (Phi) is 16.5. The molecule has 1 N–H and O–H groups in total. The van der Waals surface area contributed by atoms with Crippen LogP contribution in [-0.4, -0.2) is 115 Å². The van der Waals surface area contributed by atoms with E-state index in [9.17, 15) is 32.4 Å². The first-order chi connectivity index (χ1) is 32.0. The fourth-order valence-corrected chi connectivity index (χ4v) is 9.99. The Bertz CT molecular complexity index is 2400. The predicted octanol–water partition coefficient (Wildman–Crippen LogP) is 6.37. The Hall–Kier alpha value is -6.59. The topological polar surface area (TPSA) is 185 Å². The van der Waals surface area contributed by atoms with Crippen molar-refractivity contribution in [2.24, 2.45) is 16.8 Å². The van der Waals surface area contributed by atoms with Crippen LogP contribution >= 0.6 is 0 Å². The summed E-state index contributed by atoms with van der Waals surface area (Å²) >= 11 is 0. The molecular weight excluding hydrogens is 865 g/mol. The zero-order valence-corrected chi connectivity index (χ0v) is 37.6. The van der Waals surface area contributed by atoms with E-state index in [1.807, 2.05) is 97.1 Å². The van der Waals surface area contributed by atoms with Gasteiger partial charge in [0, 0.05) is 39.3 Å². The smallest absolute Gasteiger partial charge is 0.437 e. The number of hydrogen-bond acceptors (Lipinski definition) is 10. The molecule has 348 valence electrons. The third kappa shape index (κ3) is 13.0. The molecule has 0 bridgehead atoms. The Morgan fingerprint density at radius 1 is 0.652 bits per heavy atom. The highest BCUT2D eigenvalue weighted by Gasteiger charge is 2.57. The maximum absolute atomic E-state index is 14.1. The monoisotopic (exact) mass is 920 g/mol. The van der Waals surface area contributed by atoms with E-state index >= 15 is 0 Å². The minimum absolute atomic E-state index is 0.00586. The van der Waals surface area contributed by atoms with E-state index in [4.69, 9.17) is 14.2 Å². The van der Waals surface area contributed by atoms with Crippen molar-refractivity contribution in [3.05, 3.63) is 144 Å². The van der Waals surface area contributed by atoms with Crippen molar-refractivity contribution in [2.45, 2.75) is 64.4 Å². The van der Waals surface area contributed by atoms with Gasteiger partial charge in [0.2, 0.25) is 21.9 Å². The molecule has 16 nitrogen and oxygen atoms in total. The van der Waals surface area contributed by atoms with E-state index in [2.05, 4.69) is 10.3 Å². The number of imide groups is 1. The molecule has 5 amide bonds. The summed E-state index contributed by atoms with van der Waals surface area (Å²) in [5, 5.41) is 2.62. The number of nitrogens with one attached hydrogen (secondary N) is 1. The second kappa shape index (κ2) is 23.0. The number of amides is 5. The highest BCUT2D eigenvalue weighted by molar-refractivity contribution is 7.89. The summed E-state index contributed by atoms with van der Waals surface area (Å²) in [4.78, 5) is 76.5. The Morgan fingerprint density at radius 3 is 1.79 bits per heavy atom. The van der Waals surface area contributed by atoms with Gasteiger partial charge in [0.25, 0.3) is 0 Å². The van der Waals surface area contributed by atoms with E-state index in [1.165, 1.54) is 9.21 Å². The molecule has 3 aliphatic heterocycles. The Balaban J connectivity index is 0.999. The van der Waals surface area contributed by atoms with Crippen LogP contribution in [0, 0.1) is 11.8 Å². The largest absolute Gasteiger partial charge is 0.459 e. The number of piperazine rings is 1. The number of β-lactam (4-membered cyclic amide) rings is 1. The van der Waals surface area contributed by atoms with E-state index in [-0.39, 0.29) is 76.6 Å². The number of sulfonamides is 1. The molecule has 0 spiro atoms. The third-order valence-corrected chi connectivity index (χ3v) is 13.9. The third-order valence-electron chi connectivity index (χ3n) is 12.0. The Labute approximate surface area is 385 Å². The molecule has 7 rings (SSSR count). The first kappa shape index (κ1) is 47.4. The van der Waals surface area contributed by atoms with Crippen molar-refractivity contribution in [2.75, 3.05) is 45.0 Å². The molecule has 3 unspecified atom stereocenters. The second-order valence-electron chi connectivity index (χ2n) is 16.6. The van der Waals surface area contributed by atoms with Gasteiger partial charge in [-0.2, -0.15) is 4.31 Å². The van der Waals surface area contributed by atoms with Gasteiger partial charge in [-0.05, 0) is 66.7 Å². The van der Waals surface area contributed by atoms with Gasteiger partial charge in [0.1, 0.15) is 19.8 Å². The Morgan fingerprint density at radius 2 is 1.20 bits per heavy atom. The highest BCUT2D eigenvalue weighted by Crippen LogP contribution is 2.37. The molecule has 0 saturated carbocycles. The molecule has 3 aliphatic rings. The van der Waals surface area contributed by atoms with Gasteiger partial charge >= 0.3 is 24.2 Å². The number of guanidine groups is 1.